The summed E-state index contributed by atoms with van der Waals surface area (Å²) in [5.41, 5.74) is 0.462. The van der Waals surface area contributed by atoms with E-state index in [9.17, 15) is 18.0 Å². The number of carbonyl (C=O) groups excluding carboxylic acids is 2. The highest BCUT2D eigenvalue weighted by Gasteiger charge is 2.25. The van der Waals surface area contributed by atoms with Gasteiger partial charge in [0.25, 0.3) is 0 Å². The predicted molar refractivity (Wildman–Crippen MR) is 95.9 cm³/mol. The van der Waals surface area contributed by atoms with Crippen molar-refractivity contribution in [2.24, 2.45) is 0 Å². The number of nitrogens with one attached hydrogen (secondary N) is 1. The Balaban J connectivity index is 1.90. The van der Waals surface area contributed by atoms with Crippen molar-refractivity contribution in [1.82, 2.24) is 9.62 Å². The van der Waals surface area contributed by atoms with Crippen LogP contribution in [0.25, 0.3) is 0 Å². The number of ketones is 1. The van der Waals surface area contributed by atoms with Crippen LogP contribution in [-0.2, 0) is 14.8 Å². The maximum atomic E-state index is 12.4. The van der Waals surface area contributed by atoms with Crippen molar-refractivity contribution in [3.63, 3.8) is 0 Å². The molecule has 138 valence electrons. The molecule has 1 aromatic carbocycles. The van der Waals surface area contributed by atoms with Crippen molar-refractivity contribution in [3.8, 4) is 0 Å². The van der Waals surface area contributed by atoms with Gasteiger partial charge in [-0.2, -0.15) is 0 Å². The first-order valence-corrected chi connectivity index (χ1v) is 10.2. The third-order valence-electron chi connectivity index (χ3n) is 4.63. The van der Waals surface area contributed by atoms with Crippen molar-refractivity contribution in [3.05, 3.63) is 29.8 Å². The van der Waals surface area contributed by atoms with Crippen LogP contribution in [0.4, 0.5) is 0 Å². The van der Waals surface area contributed by atoms with Gasteiger partial charge >= 0.3 is 0 Å². The monoisotopic (exact) mass is 366 g/mol. The predicted octanol–water partition coefficient (Wildman–Crippen LogP) is 2.35. The lowest BCUT2D eigenvalue weighted by atomic mass is 10.2. The van der Waals surface area contributed by atoms with Crippen LogP contribution in [0, 0.1) is 0 Å². The zero-order chi connectivity index (χ0) is 18.4. The molecule has 0 heterocycles. The molecule has 1 aliphatic rings. The van der Waals surface area contributed by atoms with Crippen molar-refractivity contribution < 1.29 is 18.0 Å². The Morgan fingerprint density at radius 2 is 1.76 bits per heavy atom. The highest BCUT2D eigenvalue weighted by atomic mass is 32.2. The fraction of sp³-hybridized carbons (Fsp3) is 0.556. The van der Waals surface area contributed by atoms with Crippen LogP contribution in [0.3, 0.4) is 0 Å². The summed E-state index contributed by atoms with van der Waals surface area (Å²) in [7, 11) is -3.68. The van der Waals surface area contributed by atoms with Gasteiger partial charge in [-0.15, -0.1) is 0 Å². The molecule has 2 rings (SSSR count). The summed E-state index contributed by atoms with van der Waals surface area (Å²) in [5, 5.41) is 0. The number of hydrogen-bond acceptors (Lipinski definition) is 4. The Bertz CT molecular complexity index is 707. The fourth-order valence-electron chi connectivity index (χ4n) is 3.24. The summed E-state index contributed by atoms with van der Waals surface area (Å²) >= 11 is 0. The smallest absolute Gasteiger partial charge is 0.240 e. The number of carbonyl (C=O) groups is 2. The van der Waals surface area contributed by atoms with Gasteiger partial charge in [0.05, 0.1) is 4.90 Å². The molecule has 0 aliphatic heterocycles. The molecule has 6 nitrogen and oxygen atoms in total. The molecular weight excluding hydrogens is 340 g/mol. The molecule has 1 N–H and O–H groups in total. The van der Waals surface area contributed by atoms with Gasteiger partial charge in [0.15, 0.2) is 5.78 Å². The molecule has 0 bridgehead atoms. The first-order chi connectivity index (χ1) is 11.8. The van der Waals surface area contributed by atoms with E-state index in [1.807, 2.05) is 11.8 Å². The van der Waals surface area contributed by atoms with Crippen molar-refractivity contribution in [2.75, 3.05) is 13.1 Å². The molecule has 1 fully saturated rings. The van der Waals surface area contributed by atoms with Gasteiger partial charge in [0.1, 0.15) is 0 Å². The number of hydrogen-bond donors (Lipinski definition) is 1. The van der Waals surface area contributed by atoms with Crippen LogP contribution in [0.1, 0.15) is 56.3 Å². The average molecular weight is 366 g/mol. The third-order valence-corrected chi connectivity index (χ3v) is 6.11. The summed E-state index contributed by atoms with van der Waals surface area (Å²) in [6, 6.07) is 6.07. The van der Waals surface area contributed by atoms with E-state index in [4.69, 9.17) is 0 Å². The molecule has 7 heteroatoms. The molecule has 0 saturated heterocycles. The Morgan fingerprint density at radius 1 is 1.16 bits per heavy atom. The van der Waals surface area contributed by atoms with E-state index in [2.05, 4.69) is 4.72 Å². The van der Waals surface area contributed by atoms with E-state index >= 15 is 0 Å². The Kier molecular flexibility index (Phi) is 6.72. The molecule has 0 spiro atoms. The summed E-state index contributed by atoms with van der Waals surface area (Å²) in [6.07, 6.45) is 4.52. The van der Waals surface area contributed by atoms with E-state index in [1.54, 1.807) is 0 Å². The second-order valence-corrected chi connectivity index (χ2v) is 8.11. The van der Waals surface area contributed by atoms with Gasteiger partial charge in [0, 0.05) is 31.1 Å². The summed E-state index contributed by atoms with van der Waals surface area (Å²) < 4.78 is 27.0. The Hall–Kier alpha value is -1.73. The Labute approximate surface area is 149 Å². The second kappa shape index (κ2) is 8.58. The van der Waals surface area contributed by atoms with Crippen LogP contribution in [0.15, 0.2) is 29.2 Å². The number of nitrogens with zero attached hydrogens (tertiary/aromatic N) is 1. The minimum atomic E-state index is -3.68. The summed E-state index contributed by atoms with van der Waals surface area (Å²) in [4.78, 5) is 25.6. The SMILES string of the molecule is CCN(C(=O)CCNS(=O)(=O)c1ccc(C(C)=O)cc1)C1CCCC1. The van der Waals surface area contributed by atoms with Gasteiger partial charge < -0.3 is 4.90 Å². The van der Waals surface area contributed by atoms with Crippen molar-refractivity contribution >= 4 is 21.7 Å². The molecular formula is C18H26N2O4S. The molecule has 1 aliphatic carbocycles. The molecule has 0 atom stereocenters. The Morgan fingerprint density at radius 3 is 2.28 bits per heavy atom. The summed E-state index contributed by atoms with van der Waals surface area (Å²) in [6.45, 7) is 4.11. The average Bonchev–Trinajstić information content (AvgIpc) is 3.09. The minimum absolute atomic E-state index is 0.0102. The standard InChI is InChI=1S/C18H26N2O4S/c1-3-20(16-6-4-5-7-16)18(22)12-13-19-25(23,24)17-10-8-15(9-11-17)14(2)21/h8-11,16,19H,3-7,12-13H2,1-2H3. The zero-order valence-corrected chi connectivity index (χ0v) is 15.6. The van der Waals surface area contributed by atoms with Crippen LogP contribution < -0.4 is 4.72 Å². The van der Waals surface area contributed by atoms with E-state index in [0.29, 0.717) is 18.2 Å². The van der Waals surface area contributed by atoms with Gasteiger partial charge in [0.2, 0.25) is 15.9 Å². The highest BCUT2D eigenvalue weighted by molar-refractivity contribution is 7.89. The van der Waals surface area contributed by atoms with E-state index in [1.165, 1.54) is 31.2 Å². The lowest BCUT2D eigenvalue weighted by molar-refractivity contribution is -0.133. The fourth-order valence-corrected chi connectivity index (χ4v) is 4.27. The van der Waals surface area contributed by atoms with Crippen molar-refractivity contribution in [1.29, 1.82) is 0 Å². The number of rotatable bonds is 8. The van der Waals surface area contributed by atoms with E-state index < -0.39 is 10.0 Å². The lowest BCUT2D eigenvalue weighted by Crippen LogP contribution is -2.40. The van der Waals surface area contributed by atoms with Crippen LogP contribution in [0.5, 0.6) is 0 Å². The van der Waals surface area contributed by atoms with Crippen LogP contribution >= 0.6 is 0 Å². The molecule has 1 saturated carbocycles. The number of sulfonamides is 1. The molecule has 25 heavy (non-hydrogen) atoms. The highest BCUT2D eigenvalue weighted by Crippen LogP contribution is 2.23. The maximum Gasteiger partial charge on any atom is 0.240 e. The third kappa shape index (κ3) is 5.12. The van der Waals surface area contributed by atoms with Crippen molar-refractivity contribution in [2.45, 2.75) is 56.9 Å². The van der Waals surface area contributed by atoms with Gasteiger partial charge in [-0.25, -0.2) is 13.1 Å². The maximum absolute atomic E-state index is 12.4. The first kappa shape index (κ1) is 19.6. The largest absolute Gasteiger partial charge is 0.340 e. The first-order valence-electron chi connectivity index (χ1n) is 8.75. The normalized spacial score (nSPS) is 15.3. The molecule has 0 radical (unpaired) electrons. The molecule has 1 aromatic rings. The molecule has 0 aromatic heterocycles. The second-order valence-electron chi connectivity index (χ2n) is 6.35. The lowest BCUT2D eigenvalue weighted by Gasteiger charge is -2.27. The van der Waals surface area contributed by atoms with Gasteiger partial charge in [-0.1, -0.05) is 25.0 Å². The topological polar surface area (TPSA) is 83.6 Å². The number of amides is 1. The number of Topliss-reactive ketones (excluding diaryl/α,β-unsaturated/α-hetero) is 1. The number of benzene rings is 1. The minimum Gasteiger partial charge on any atom is -0.340 e. The van der Waals surface area contributed by atoms with Crippen LogP contribution in [0.2, 0.25) is 0 Å². The quantitative estimate of drug-likeness (QED) is 0.716. The van der Waals surface area contributed by atoms with Crippen LogP contribution in [-0.4, -0.2) is 44.1 Å². The van der Waals surface area contributed by atoms with E-state index in [-0.39, 0.29) is 29.6 Å². The van der Waals surface area contributed by atoms with Gasteiger partial charge in [-0.05, 0) is 38.8 Å². The van der Waals surface area contributed by atoms with E-state index in [0.717, 1.165) is 25.7 Å². The van der Waals surface area contributed by atoms with Gasteiger partial charge in [-0.3, -0.25) is 9.59 Å². The molecule has 0 unspecified atom stereocenters. The summed E-state index contributed by atoms with van der Waals surface area (Å²) in [5.74, 6) is -0.127. The molecule has 1 amide bonds. The zero-order valence-electron chi connectivity index (χ0n) is 14.8.